The number of hydrogen-bond donors (Lipinski definition) is 1. The molecule has 0 aliphatic heterocycles. The summed E-state index contributed by atoms with van der Waals surface area (Å²) < 4.78 is 37.7. The Morgan fingerprint density at radius 3 is 2.35 bits per heavy atom. The van der Waals surface area contributed by atoms with Crippen LogP contribution in [0.4, 0.5) is 13.2 Å². The van der Waals surface area contributed by atoms with Crippen molar-refractivity contribution in [1.29, 1.82) is 0 Å². The first-order chi connectivity index (χ1) is 9.52. The number of halogens is 3. The van der Waals surface area contributed by atoms with Gasteiger partial charge in [0.15, 0.2) is 0 Å². The third kappa shape index (κ3) is 3.33. The molecule has 0 aliphatic rings. The summed E-state index contributed by atoms with van der Waals surface area (Å²) in [6.45, 7) is 2.59. The Bertz CT molecular complexity index is 538. The minimum atomic E-state index is -4.32. The molecule has 0 saturated heterocycles. The summed E-state index contributed by atoms with van der Waals surface area (Å²) in [4.78, 5) is 8.19. The van der Waals surface area contributed by atoms with Gasteiger partial charge in [0.2, 0.25) is 0 Å². The molecule has 1 heterocycles. The van der Waals surface area contributed by atoms with Gasteiger partial charge in [-0.25, -0.2) is 0 Å². The van der Waals surface area contributed by atoms with Crippen LogP contribution < -0.4 is 5.32 Å². The fraction of sp³-hybridized carbons (Fsp3) is 0.286. The van der Waals surface area contributed by atoms with Crippen molar-refractivity contribution in [3.8, 4) is 0 Å². The van der Waals surface area contributed by atoms with E-state index >= 15 is 0 Å². The van der Waals surface area contributed by atoms with Gasteiger partial charge in [-0.2, -0.15) is 13.2 Å². The first-order valence-corrected chi connectivity index (χ1v) is 6.19. The number of aromatic nitrogens is 2. The first-order valence-electron chi connectivity index (χ1n) is 6.19. The molecule has 2 aromatic rings. The minimum Gasteiger partial charge on any atom is -0.305 e. The Hall–Kier alpha value is -1.95. The van der Waals surface area contributed by atoms with Crippen LogP contribution in [-0.2, 0) is 6.18 Å². The highest BCUT2D eigenvalue weighted by Gasteiger charge is 2.30. The Morgan fingerprint density at radius 2 is 1.85 bits per heavy atom. The highest BCUT2D eigenvalue weighted by atomic mass is 19.4. The van der Waals surface area contributed by atoms with Gasteiger partial charge in [-0.3, -0.25) is 9.97 Å². The lowest BCUT2D eigenvalue weighted by molar-refractivity contribution is -0.137. The standard InChI is InChI=1S/C14H14F3N3/c1-2-19-13(12-9-18-7-8-20-12)10-3-5-11(6-4-10)14(15,16)17/h3-9,13,19H,2H2,1H3. The van der Waals surface area contributed by atoms with Gasteiger partial charge in [-0.1, -0.05) is 19.1 Å². The maximum atomic E-state index is 12.6. The molecule has 0 fully saturated rings. The van der Waals surface area contributed by atoms with Crippen molar-refractivity contribution in [1.82, 2.24) is 15.3 Å². The summed E-state index contributed by atoms with van der Waals surface area (Å²) in [6, 6.07) is 4.82. The van der Waals surface area contributed by atoms with Gasteiger partial charge in [0.05, 0.1) is 23.5 Å². The monoisotopic (exact) mass is 281 g/mol. The highest BCUT2D eigenvalue weighted by molar-refractivity contribution is 5.31. The fourth-order valence-electron chi connectivity index (χ4n) is 1.92. The smallest absolute Gasteiger partial charge is 0.305 e. The van der Waals surface area contributed by atoms with Crippen molar-refractivity contribution < 1.29 is 13.2 Å². The van der Waals surface area contributed by atoms with E-state index in [2.05, 4.69) is 15.3 Å². The largest absolute Gasteiger partial charge is 0.416 e. The minimum absolute atomic E-state index is 0.268. The molecule has 0 bridgehead atoms. The lowest BCUT2D eigenvalue weighted by Crippen LogP contribution is -2.23. The van der Waals surface area contributed by atoms with E-state index in [-0.39, 0.29) is 6.04 Å². The zero-order valence-electron chi connectivity index (χ0n) is 10.9. The summed E-state index contributed by atoms with van der Waals surface area (Å²) in [5.41, 5.74) is 0.741. The molecule has 0 aliphatic carbocycles. The maximum Gasteiger partial charge on any atom is 0.416 e. The van der Waals surface area contributed by atoms with Crippen LogP contribution >= 0.6 is 0 Å². The normalized spacial score (nSPS) is 13.2. The highest BCUT2D eigenvalue weighted by Crippen LogP contribution is 2.30. The maximum absolute atomic E-state index is 12.6. The molecule has 1 unspecified atom stereocenters. The van der Waals surface area contributed by atoms with E-state index in [1.807, 2.05) is 6.92 Å². The van der Waals surface area contributed by atoms with Crippen LogP contribution in [-0.4, -0.2) is 16.5 Å². The molecule has 1 aromatic carbocycles. The summed E-state index contributed by atoms with van der Waals surface area (Å²) in [5, 5.41) is 3.19. The van der Waals surface area contributed by atoms with E-state index in [9.17, 15) is 13.2 Å². The fourth-order valence-corrected chi connectivity index (χ4v) is 1.92. The summed E-state index contributed by atoms with van der Waals surface area (Å²) >= 11 is 0. The van der Waals surface area contributed by atoms with Crippen LogP contribution in [0.15, 0.2) is 42.9 Å². The Morgan fingerprint density at radius 1 is 1.15 bits per heavy atom. The van der Waals surface area contributed by atoms with Crippen LogP contribution in [0.3, 0.4) is 0 Å². The molecule has 1 N–H and O–H groups in total. The number of alkyl halides is 3. The Labute approximate surface area is 114 Å². The molecule has 2 rings (SSSR count). The van der Waals surface area contributed by atoms with Crippen LogP contribution in [0.2, 0.25) is 0 Å². The second-order valence-corrected chi connectivity index (χ2v) is 4.24. The van der Waals surface area contributed by atoms with Crippen molar-refractivity contribution in [3.63, 3.8) is 0 Å². The van der Waals surface area contributed by atoms with Crippen LogP contribution in [0.25, 0.3) is 0 Å². The molecule has 1 aromatic heterocycles. The molecular formula is C14H14F3N3. The summed E-state index contributed by atoms with van der Waals surface area (Å²) in [7, 11) is 0. The number of rotatable bonds is 4. The number of hydrogen-bond acceptors (Lipinski definition) is 3. The van der Waals surface area contributed by atoms with Crippen LogP contribution in [0, 0.1) is 0 Å². The van der Waals surface area contributed by atoms with Gasteiger partial charge in [0, 0.05) is 12.4 Å². The SMILES string of the molecule is CCNC(c1ccc(C(F)(F)F)cc1)c1cnccn1. The third-order valence-corrected chi connectivity index (χ3v) is 2.86. The van der Waals surface area contributed by atoms with E-state index < -0.39 is 11.7 Å². The predicted molar refractivity (Wildman–Crippen MR) is 69.0 cm³/mol. The van der Waals surface area contributed by atoms with E-state index in [1.165, 1.54) is 12.1 Å². The van der Waals surface area contributed by atoms with Gasteiger partial charge in [-0.05, 0) is 24.2 Å². The number of nitrogens with one attached hydrogen (secondary N) is 1. The van der Waals surface area contributed by atoms with E-state index in [0.29, 0.717) is 12.2 Å². The van der Waals surface area contributed by atoms with Crippen LogP contribution in [0.1, 0.15) is 29.8 Å². The molecule has 0 amide bonds. The van der Waals surface area contributed by atoms with E-state index in [0.717, 1.165) is 17.7 Å². The van der Waals surface area contributed by atoms with Crippen molar-refractivity contribution in [3.05, 3.63) is 59.7 Å². The topological polar surface area (TPSA) is 37.8 Å². The van der Waals surface area contributed by atoms with Crippen molar-refractivity contribution >= 4 is 0 Å². The third-order valence-electron chi connectivity index (χ3n) is 2.86. The van der Waals surface area contributed by atoms with E-state index in [4.69, 9.17) is 0 Å². The molecular weight excluding hydrogens is 267 g/mol. The Balaban J connectivity index is 2.31. The van der Waals surface area contributed by atoms with Gasteiger partial charge >= 0.3 is 6.18 Å². The summed E-state index contributed by atoms with van der Waals surface area (Å²) in [5.74, 6) is 0. The number of benzene rings is 1. The number of nitrogens with zero attached hydrogens (tertiary/aromatic N) is 2. The molecule has 20 heavy (non-hydrogen) atoms. The molecule has 0 spiro atoms. The molecule has 0 radical (unpaired) electrons. The quantitative estimate of drug-likeness (QED) is 0.935. The predicted octanol–water partition coefficient (Wildman–Crippen LogP) is 3.19. The van der Waals surface area contributed by atoms with Crippen molar-refractivity contribution in [2.24, 2.45) is 0 Å². The molecule has 0 saturated carbocycles. The molecule has 1 atom stereocenters. The average Bonchev–Trinajstić information content (AvgIpc) is 2.45. The van der Waals surface area contributed by atoms with Gasteiger partial charge in [0.1, 0.15) is 0 Å². The zero-order chi connectivity index (χ0) is 14.6. The molecule has 6 heteroatoms. The second kappa shape index (κ2) is 6.00. The Kier molecular flexibility index (Phi) is 4.34. The van der Waals surface area contributed by atoms with Crippen molar-refractivity contribution in [2.45, 2.75) is 19.1 Å². The lowest BCUT2D eigenvalue weighted by Gasteiger charge is -2.18. The zero-order valence-corrected chi connectivity index (χ0v) is 10.9. The first kappa shape index (κ1) is 14.5. The van der Waals surface area contributed by atoms with Gasteiger partial charge in [0.25, 0.3) is 0 Å². The molecule has 3 nitrogen and oxygen atoms in total. The van der Waals surface area contributed by atoms with Gasteiger partial charge in [-0.15, -0.1) is 0 Å². The summed E-state index contributed by atoms with van der Waals surface area (Å²) in [6.07, 6.45) is 0.396. The van der Waals surface area contributed by atoms with Crippen LogP contribution in [0.5, 0.6) is 0 Å². The van der Waals surface area contributed by atoms with Crippen molar-refractivity contribution in [2.75, 3.05) is 6.54 Å². The average molecular weight is 281 g/mol. The van der Waals surface area contributed by atoms with E-state index in [1.54, 1.807) is 18.6 Å². The lowest BCUT2D eigenvalue weighted by atomic mass is 10.0. The molecule has 106 valence electrons. The second-order valence-electron chi connectivity index (χ2n) is 4.24. The van der Waals surface area contributed by atoms with Gasteiger partial charge < -0.3 is 5.32 Å².